The average Bonchev–Trinajstić information content (AvgIpc) is 2.38. The van der Waals surface area contributed by atoms with Crippen LogP contribution >= 0.6 is 0 Å². The normalized spacial score (nSPS) is 11.4. The molecule has 5 nitrogen and oxygen atoms in total. The Labute approximate surface area is 111 Å². The summed E-state index contributed by atoms with van der Waals surface area (Å²) in [5.41, 5.74) is 7.62. The molecule has 2 rings (SSSR count). The van der Waals surface area contributed by atoms with Crippen LogP contribution in [0.2, 0.25) is 0 Å². The molecule has 0 aliphatic heterocycles. The number of anilines is 1. The molecule has 0 bridgehead atoms. The number of phenolic OH excluding ortho intramolecular Hbond substituents is 1. The molecule has 2 aromatic carbocycles. The molecule has 0 aliphatic carbocycles. The molecule has 0 fully saturated rings. The third kappa shape index (κ3) is 2.69. The van der Waals surface area contributed by atoms with Crippen LogP contribution in [0.5, 0.6) is 5.75 Å². The highest BCUT2D eigenvalue weighted by molar-refractivity contribution is 7.89. The maximum absolute atomic E-state index is 11.6. The Hall–Kier alpha value is -2.05. The van der Waals surface area contributed by atoms with Gasteiger partial charge in [-0.2, -0.15) is 0 Å². The first-order valence-electron chi connectivity index (χ1n) is 5.56. The monoisotopic (exact) mass is 278 g/mol. The van der Waals surface area contributed by atoms with Crippen molar-refractivity contribution >= 4 is 15.7 Å². The second-order valence-electron chi connectivity index (χ2n) is 4.01. The highest BCUT2D eigenvalue weighted by Gasteiger charge is 2.13. The Morgan fingerprint density at radius 3 is 2.47 bits per heavy atom. The standard InChI is InChI=1S/C13H14N2O3S/c1-15-19(17,18)11-5-6-12(13(14)8-11)9-3-2-4-10(16)7-9/h2-8,15-16H,14H2,1H3. The minimum Gasteiger partial charge on any atom is -0.508 e. The van der Waals surface area contributed by atoms with E-state index in [0.717, 1.165) is 5.56 Å². The summed E-state index contributed by atoms with van der Waals surface area (Å²) in [5.74, 6) is 0.129. The number of nitrogens with one attached hydrogen (secondary N) is 1. The van der Waals surface area contributed by atoms with Crippen LogP contribution in [0, 0.1) is 0 Å². The Kier molecular flexibility index (Phi) is 3.46. The molecule has 0 aromatic heterocycles. The van der Waals surface area contributed by atoms with Crippen LogP contribution in [0.4, 0.5) is 5.69 Å². The highest BCUT2D eigenvalue weighted by atomic mass is 32.2. The van der Waals surface area contributed by atoms with E-state index in [0.29, 0.717) is 11.3 Å². The van der Waals surface area contributed by atoms with Crippen molar-refractivity contribution in [2.75, 3.05) is 12.8 Å². The number of sulfonamides is 1. The molecule has 0 saturated carbocycles. The van der Waals surface area contributed by atoms with Gasteiger partial charge in [0.25, 0.3) is 0 Å². The van der Waals surface area contributed by atoms with Gasteiger partial charge in [-0.3, -0.25) is 0 Å². The maximum Gasteiger partial charge on any atom is 0.240 e. The Bertz CT molecular complexity index is 712. The number of rotatable bonds is 3. The fourth-order valence-corrected chi connectivity index (χ4v) is 2.53. The summed E-state index contributed by atoms with van der Waals surface area (Å²) in [6.07, 6.45) is 0. The zero-order chi connectivity index (χ0) is 14.0. The van der Waals surface area contributed by atoms with Gasteiger partial charge in [-0.25, -0.2) is 13.1 Å². The van der Waals surface area contributed by atoms with E-state index in [9.17, 15) is 13.5 Å². The predicted octanol–water partition coefficient (Wildman–Crippen LogP) is 1.55. The number of nitrogens with two attached hydrogens (primary N) is 1. The quantitative estimate of drug-likeness (QED) is 0.743. The Morgan fingerprint density at radius 2 is 1.89 bits per heavy atom. The summed E-state index contributed by atoms with van der Waals surface area (Å²) in [4.78, 5) is 0.108. The molecular formula is C13H14N2O3S. The van der Waals surface area contributed by atoms with Crippen molar-refractivity contribution in [3.8, 4) is 16.9 Å². The molecule has 100 valence electrons. The number of hydrogen-bond acceptors (Lipinski definition) is 4. The fraction of sp³-hybridized carbons (Fsp3) is 0.0769. The number of benzene rings is 2. The molecule has 6 heteroatoms. The van der Waals surface area contributed by atoms with Crippen molar-refractivity contribution in [2.24, 2.45) is 0 Å². The lowest BCUT2D eigenvalue weighted by Gasteiger charge is -2.09. The van der Waals surface area contributed by atoms with Gasteiger partial charge in [0.2, 0.25) is 10.0 Å². The van der Waals surface area contributed by atoms with E-state index < -0.39 is 10.0 Å². The molecule has 0 unspecified atom stereocenters. The third-order valence-electron chi connectivity index (χ3n) is 2.76. The molecule has 2 aromatic rings. The van der Waals surface area contributed by atoms with E-state index in [4.69, 9.17) is 5.73 Å². The molecule has 0 atom stereocenters. The van der Waals surface area contributed by atoms with Crippen LogP contribution in [0.3, 0.4) is 0 Å². The number of aromatic hydroxyl groups is 1. The molecule has 4 N–H and O–H groups in total. The predicted molar refractivity (Wildman–Crippen MR) is 74.2 cm³/mol. The van der Waals surface area contributed by atoms with Crippen molar-refractivity contribution < 1.29 is 13.5 Å². The van der Waals surface area contributed by atoms with E-state index in [-0.39, 0.29) is 10.6 Å². The van der Waals surface area contributed by atoms with Gasteiger partial charge in [-0.15, -0.1) is 0 Å². The van der Waals surface area contributed by atoms with E-state index >= 15 is 0 Å². The highest BCUT2D eigenvalue weighted by Crippen LogP contribution is 2.29. The van der Waals surface area contributed by atoms with Crippen LogP contribution in [0.15, 0.2) is 47.4 Å². The Morgan fingerprint density at radius 1 is 1.16 bits per heavy atom. The summed E-state index contributed by atoms with van der Waals surface area (Å²) >= 11 is 0. The van der Waals surface area contributed by atoms with Gasteiger partial charge >= 0.3 is 0 Å². The molecule has 0 heterocycles. The average molecular weight is 278 g/mol. The van der Waals surface area contributed by atoms with Crippen LogP contribution in [0.25, 0.3) is 11.1 Å². The second kappa shape index (κ2) is 4.91. The first kappa shape index (κ1) is 13.4. The number of nitrogen functional groups attached to an aromatic ring is 1. The van der Waals surface area contributed by atoms with Crippen molar-refractivity contribution in [3.05, 3.63) is 42.5 Å². The van der Waals surface area contributed by atoms with Gasteiger partial charge in [-0.05, 0) is 36.9 Å². The first-order valence-corrected chi connectivity index (χ1v) is 7.05. The largest absolute Gasteiger partial charge is 0.508 e. The molecular weight excluding hydrogens is 264 g/mol. The molecule has 0 radical (unpaired) electrons. The lowest BCUT2D eigenvalue weighted by Crippen LogP contribution is -2.18. The van der Waals surface area contributed by atoms with Gasteiger partial charge in [-0.1, -0.05) is 18.2 Å². The van der Waals surface area contributed by atoms with Crippen molar-refractivity contribution in [1.29, 1.82) is 0 Å². The van der Waals surface area contributed by atoms with E-state index in [1.54, 1.807) is 30.3 Å². The lowest BCUT2D eigenvalue weighted by molar-refractivity contribution is 0.475. The maximum atomic E-state index is 11.6. The summed E-state index contributed by atoms with van der Waals surface area (Å²) in [5, 5.41) is 9.44. The smallest absolute Gasteiger partial charge is 0.240 e. The van der Waals surface area contributed by atoms with Crippen LogP contribution < -0.4 is 10.5 Å². The SMILES string of the molecule is CNS(=O)(=O)c1ccc(-c2cccc(O)c2)c(N)c1. The molecule has 19 heavy (non-hydrogen) atoms. The van der Waals surface area contributed by atoms with Gasteiger partial charge in [0.05, 0.1) is 4.90 Å². The van der Waals surface area contributed by atoms with E-state index in [1.807, 2.05) is 0 Å². The fourth-order valence-electron chi connectivity index (χ4n) is 1.76. The van der Waals surface area contributed by atoms with Gasteiger partial charge < -0.3 is 10.8 Å². The van der Waals surface area contributed by atoms with Crippen molar-refractivity contribution in [1.82, 2.24) is 4.72 Å². The first-order chi connectivity index (χ1) is 8.94. The molecule has 0 amide bonds. The van der Waals surface area contributed by atoms with E-state index in [1.165, 1.54) is 19.2 Å². The van der Waals surface area contributed by atoms with Crippen LogP contribution in [0.1, 0.15) is 0 Å². The minimum atomic E-state index is -3.51. The molecule has 0 spiro atoms. The summed E-state index contributed by atoms with van der Waals surface area (Å²) in [6.45, 7) is 0. The van der Waals surface area contributed by atoms with Crippen molar-refractivity contribution in [3.63, 3.8) is 0 Å². The topological polar surface area (TPSA) is 92.4 Å². The lowest BCUT2D eigenvalue weighted by atomic mass is 10.0. The van der Waals surface area contributed by atoms with Gasteiger partial charge in [0.15, 0.2) is 0 Å². The van der Waals surface area contributed by atoms with E-state index in [2.05, 4.69) is 4.72 Å². The third-order valence-corrected chi connectivity index (χ3v) is 4.17. The minimum absolute atomic E-state index is 0.108. The molecule has 0 aliphatic rings. The van der Waals surface area contributed by atoms with Crippen LogP contribution in [-0.4, -0.2) is 20.6 Å². The number of hydrogen-bond donors (Lipinski definition) is 3. The zero-order valence-electron chi connectivity index (χ0n) is 10.3. The summed E-state index contributed by atoms with van der Waals surface area (Å²) in [7, 11) is -2.17. The summed E-state index contributed by atoms with van der Waals surface area (Å²) < 4.78 is 25.5. The van der Waals surface area contributed by atoms with Crippen LogP contribution in [-0.2, 0) is 10.0 Å². The molecule has 0 saturated heterocycles. The second-order valence-corrected chi connectivity index (χ2v) is 5.89. The van der Waals surface area contributed by atoms with Gasteiger partial charge in [0, 0.05) is 11.3 Å². The van der Waals surface area contributed by atoms with Crippen molar-refractivity contribution in [2.45, 2.75) is 4.90 Å². The van der Waals surface area contributed by atoms with Gasteiger partial charge in [0.1, 0.15) is 5.75 Å². The number of phenols is 1. The summed E-state index contributed by atoms with van der Waals surface area (Å²) in [6, 6.07) is 11.1. The Balaban J connectivity index is 2.52. The zero-order valence-corrected chi connectivity index (χ0v) is 11.1.